The molecule has 0 aliphatic rings. The van der Waals surface area contributed by atoms with Gasteiger partial charge in [0.2, 0.25) is 21.8 Å². The molecule has 1 N–H and O–H groups in total. The number of rotatable bonds is 12. The average Bonchev–Trinajstić information content (AvgIpc) is 2.82. The summed E-state index contributed by atoms with van der Waals surface area (Å²) in [7, 11) is -3.59. The van der Waals surface area contributed by atoms with Gasteiger partial charge in [-0.2, -0.15) is 0 Å². The zero-order chi connectivity index (χ0) is 27.0. The number of halogens is 1. The molecule has 0 saturated carbocycles. The fourth-order valence-corrected chi connectivity index (χ4v) is 5.05. The van der Waals surface area contributed by atoms with E-state index in [0.717, 1.165) is 23.8 Å². The summed E-state index contributed by atoms with van der Waals surface area (Å²) in [6.45, 7) is 9.80. The number of benzene rings is 2. The number of nitrogens with one attached hydrogen (secondary N) is 1. The minimum Gasteiger partial charge on any atom is -0.352 e. The van der Waals surface area contributed by atoms with Crippen LogP contribution in [0.3, 0.4) is 0 Å². The molecule has 2 rings (SSSR count). The highest BCUT2D eigenvalue weighted by Crippen LogP contribution is 2.28. The van der Waals surface area contributed by atoms with Gasteiger partial charge in [0.1, 0.15) is 6.04 Å². The lowest BCUT2D eigenvalue weighted by molar-refractivity contribution is -0.140. The van der Waals surface area contributed by atoms with Crippen LogP contribution in [0, 0.1) is 13.8 Å². The van der Waals surface area contributed by atoms with E-state index in [9.17, 15) is 18.0 Å². The van der Waals surface area contributed by atoms with Gasteiger partial charge in [-0.1, -0.05) is 48.9 Å². The van der Waals surface area contributed by atoms with E-state index in [2.05, 4.69) is 5.32 Å². The lowest BCUT2D eigenvalue weighted by atomic mass is 10.1. The Labute approximate surface area is 220 Å². The number of anilines is 1. The molecule has 2 aromatic carbocycles. The summed E-state index contributed by atoms with van der Waals surface area (Å²) in [6.07, 6.45) is 2.32. The summed E-state index contributed by atoms with van der Waals surface area (Å²) in [5.41, 5.74) is 3.15. The molecular formula is C27H38ClN3O4S. The van der Waals surface area contributed by atoms with Crippen molar-refractivity contribution in [2.45, 2.75) is 72.5 Å². The van der Waals surface area contributed by atoms with E-state index >= 15 is 0 Å². The van der Waals surface area contributed by atoms with Crippen molar-refractivity contribution in [1.82, 2.24) is 10.2 Å². The molecule has 2 atom stereocenters. The van der Waals surface area contributed by atoms with Crippen molar-refractivity contribution in [2.24, 2.45) is 0 Å². The predicted molar refractivity (Wildman–Crippen MR) is 147 cm³/mol. The van der Waals surface area contributed by atoms with Gasteiger partial charge in [0.25, 0.3) is 0 Å². The number of hydrogen-bond donors (Lipinski definition) is 1. The summed E-state index contributed by atoms with van der Waals surface area (Å²) in [5, 5.41) is 3.43. The van der Waals surface area contributed by atoms with Crippen molar-refractivity contribution >= 4 is 39.1 Å². The molecule has 0 heterocycles. The van der Waals surface area contributed by atoms with Crippen LogP contribution in [0.25, 0.3) is 0 Å². The van der Waals surface area contributed by atoms with Crippen LogP contribution in [0.5, 0.6) is 0 Å². The van der Waals surface area contributed by atoms with Gasteiger partial charge in [0, 0.05) is 30.6 Å². The molecule has 2 aromatic rings. The Kier molecular flexibility index (Phi) is 10.8. The third kappa shape index (κ3) is 7.96. The van der Waals surface area contributed by atoms with Crippen molar-refractivity contribution in [3.05, 3.63) is 64.2 Å². The van der Waals surface area contributed by atoms with Gasteiger partial charge < -0.3 is 10.2 Å². The van der Waals surface area contributed by atoms with Crippen molar-refractivity contribution in [3.63, 3.8) is 0 Å². The van der Waals surface area contributed by atoms with E-state index in [-0.39, 0.29) is 30.8 Å². The topological polar surface area (TPSA) is 86.8 Å². The lowest BCUT2D eigenvalue weighted by Crippen LogP contribution is -2.49. The van der Waals surface area contributed by atoms with Crippen LogP contribution in [0.15, 0.2) is 42.5 Å². The maximum Gasteiger partial charge on any atom is 0.242 e. The minimum absolute atomic E-state index is 0.000353. The summed E-state index contributed by atoms with van der Waals surface area (Å²) >= 11 is 6.21. The maximum atomic E-state index is 13.4. The quantitative estimate of drug-likeness (QED) is 0.421. The largest absolute Gasteiger partial charge is 0.352 e. The van der Waals surface area contributed by atoms with Crippen LogP contribution < -0.4 is 9.62 Å². The molecule has 0 aliphatic heterocycles. The van der Waals surface area contributed by atoms with Crippen LogP contribution in [0.4, 0.5) is 5.69 Å². The number of nitrogens with zero attached hydrogens (tertiary/aromatic N) is 2. The SMILES string of the molecule is CC[C@@H](C)NC(=O)[C@H](C)N(Cc1ccccc1C)C(=O)CCCN(c1cccc(Cl)c1C)S(C)(=O)=O. The molecule has 7 nitrogen and oxygen atoms in total. The summed E-state index contributed by atoms with van der Waals surface area (Å²) in [6, 6.07) is 12.2. The second-order valence-electron chi connectivity index (χ2n) is 9.26. The first-order valence-electron chi connectivity index (χ1n) is 12.2. The number of carbonyl (C=O) groups is 2. The van der Waals surface area contributed by atoms with Gasteiger partial charge in [0.05, 0.1) is 11.9 Å². The highest BCUT2D eigenvalue weighted by Gasteiger charge is 2.28. The molecule has 0 unspecified atom stereocenters. The Bertz CT molecular complexity index is 1170. The van der Waals surface area contributed by atoms with Gasteiger partial charge in [-0.3, -0.25) is 13.9 Å². The van der Waals surface area contributed by atoms with Crippen molar-refractivity contribution < 1.29 is 18.0 Å². The highest BCUT2D eigenvalue weighted by atomic mass is 35.5. The second-order valence-corrected chi connectivity index (χ2v) is 11.6. The van der Waals surface area contributed by atoms with Crippen molar-refractivity contribution in [1.29, 1.82) is 0 Å². The third-order valence-electron chi connectivity index (χ3n) is 6.43. The van der Waals surface area contributed by atoms with E-state index in [0.29, 0.717) is 29.2 Å². The van der Waals surface area contributed by atoms with Crippen LogP contribution in [0.1, 0.15) is 56.7 Å². The predicted octanol–water partition coefficient (Wildman–Crippen LogP) is 4.84. The van der Waals surface area contributed by atoms with Crippen LogP contribution in [-0.4, -0.2) is 50.0 Å². The van der Waals surface area contributed by atoms with Crippen molar-refractivity contribution in [2.75, 3.05) is 17.1 Å². The standard InChI is InChI=1S/C27H38ClN3O4S/c1-7-20(3)29-27(33)22(5)30(18-23-13-9-8-12-19(23)2)26(32)16-11-17-31(36(6,34)35)25-15-10-14-24(28)21(25)4/h8-10,12-15,20,22H,7,11,16-18H2,1-6H3,(H,29,33)/t20-,22+/m1/s1. The minimum atomic E-state index is -3.59. The van der Waals surface area contributed by atoms with Gasteiger partial charge >= 0.3 is 0 Å². The first-order chi connectivity index (χ1) is 16.9. The van der Waals surface area contributed by atoms with Crippen LogP contribution in [-0.2, 0) is 26.2 Å². The number of aryl methyl sites for hydroxylation is 1. The van der Waals surface area contributed by atoms with Crippen LogP contribution >= 0.6 is 11.6 Å². The molecule has 2 amide bonds. The number of amides is 2. The van der Waals surface area contributed by atoms with Gasteiger partial charge in [-0.25, -0.2) is 8.42 Å². The molecule has 0 aromatic heterocycles. The normalized spacial score (nSPS) is 13.1. The molecule has 0 radical (unpaired) electrons. The zero-order valence-corrected chi connectivity index (χ0v) is 23.6. The average molecular weight is 536 g/mol. The van der Waals surface area contributed by atoms with E-state index in [1.165, 1.54) is 4.31 Å². The molecule has 0 aliphatic carbocycles. The van der Waals surface area contributed by atoms with Gasteiger partial charge in [-0.15, -0.1) is 0 Å². The Morgan fingerprint density at radius 1 is 1.06 bits per heavy atom. The summed E-state index contributed by atoms with van der Waals surface area (Å²) < 4.78 is 26.4. The Morgan fingerprint density at radius 2 is 1.72 bits per heavy atom. The molecule has 9 heteroatoms. The monoisotopic (exact) mass is 535 g/mol. The van der Waals surface area contributed by atoms with Gasteiger partial charge in [0.15, 0.2) is 0 Å². The Hall–Kier alpha value is -2.58. The molecule has 0 bridgehead atoms. The van der Waals surface area contributed by atoms with Gasteiger partial charge in [-0.05, 0) is 69.4 Å². The van der Waals surface area contributed by atoms with E-state index in [1.807, 2.05) is 45.0 Å². The molecular weight excluding hydrogens is 498 g/mol. The zero-order valence-electron chi connectivity index (χ0n) is 22.0. The molecule has 36 heavy (non-hydrogen) atoms. The third-order valence-corrected chi connectivity index (χ3v) is 8.02. The van der Waals surface area contributed by atoms with Crippen LogP contribution in [0.2, 0.25) is 5.02 Å². The Balaban J connectivity index is 2.22. The smallest absolute Gasteiger partial charge is 0.242 e. The number of sulfonamides is 1. The fourth-order valence-electron chi connectivity index (χ4n) is 3.87. The molecule has 198 valence electrons. The Morgan fingerprint density at radius 3 is 2.33 bits per heavy atom. The molecule has 0 spiro atoms. The van der Waals surface area contributed by atoms with E-state index < -0.39 is 16.1 Å². The first kappa shape index (κ1) is 29.6. The van der Waals surface area contributed by atoms with Crippen molar-refractivity contribution in [3.8, 4) is 0 Å². The lowest BCUT2D eigenvalue weighted by Gasteiger charge is -2.30. The van der Waals surface area contributed by atoms with E-state index in [4.69, 9.17) is 11.6 Å². The second kappa shape index (κ2) is 13.1. The van der Waals surface area contributed by atoms with E-state index in [1.54, 1.807) is 36.9 Å². The number of hydrogen-bond acceptors (Lipinski definition) is 4. The number of carbonyl (C=O) groups excluding carboxylic acids is 2. The highest BCUT2D eigenvalue weighted by molar-refractivity contribution is 7.92. The summed E-state index contributed by atoms with van der Waals surface area (Å²) in [4.78, 5) is 27.9. The maximum absolute atomic E-state index is 13.4. The molecule has 0 fully saturated rings. The molecule has 0 saturated heterocycles. The summed E-state index contributed by atoms with van der Waals surface area (Å²) in [5.74, 6) is -0.417. The first-order valence-corrected chi connectivity index (χ1v) is 14.5. The fraction of sp³-hybridized carbons (Fsp3) is 0.481.